The van der Waals surface area contributed by atoms with E-state index in [0.29, 0.717) is 12.5 Å². The number of amides is 1. The highest BCUT2D eigenvalue weighted by atomic mass is 32.2. The van der Waals surface area contributed by atoms with Gasteiger partial charge in [0.2, 0.25) is 5.91 Å². The Bertz CT molecular complexity index is 657. The van der Waals surface area contributed by atoms with Gasteiger partial charge in [0, 0.05) is 18.3 Å². The summed E-state index contributed by atoms with van der Waals surface area (Å²) in [6.07, 6.45) is 0. The maximum absolute atomic E-state index is 12.6. The second kappa shape index (κ2) is 5.66. The minimum absolute atomic E-state index is 0.00907. The van der Waals surface area contributed by atoms with Gasteiger partial charge in [0.05, 0.1) is 24.1 Å². The van der Waals surface area contributed by atoms with Crippen LogP contribution in [-0.4, -0.2) is 55.9 Å². The Labute approximate surface area is 131 Å². The lowest BCUT2D eigenvalue weighted by molar-refractivity contribution is -0.123. The zero-order valence-corrected chi connectivity index (χ0v) is 13.8. The molecule has 2 aliphatic rings. The fourth-order valence-corrected chi connectivity index (χ4v) is 5.53. The van der Waals surface area contributed by atoms with Gasteiger partial charge in [-0.2, -0.15) is 0 Å². The van der Waals surface area contributed by atoms with E-state index < -0.39 is 9.84 Å². The van der Waals surface area contributed by atoms with Crippen LogP contribution in [0, 0.1) is 5.92 Å². The van der Waals surface area contributed by atoms with Gasteiger partial charge in [-0.3, -0.25) is 9.69 Å². The molecule has 3 rings (SSSR count). The summed E-state index contributed by atoms with van der Waals surface area (Å²) in [4.78, 5) is 16.4. The molecule has 0 aliphatic carbocycles. The Morgan fingerprint density at radius 1 is 1.14 bits per heavy atom. The molecule has 0 aromatic heterocycles. The number of para-hydroxylation sites is 1. The number of fused-ring (bicyclic) bond motifs is 1. The Morgan fingerprint density at radius 3 is 2.41 bits per heavy atom. The molecule has 0 bridgehead atoms. The molecule has 0 radical (unpaired) electrons. The number of hydrogen-bond donors (Lipinski definition) is 0. The van der Waals surface area contributed by atoms with Crippen molar-refractivity contribution in [1.82, 2.24) is 4.90 Å². The summed E-state index contributed by atoms with van der Waals surface area (Å²) in [5.74, 6) is 0.610. The molecule has 0 spiro atoms. The van der Waals surface area contributed by atoms with E-state index in [0.717, 1.165) is 12.2 Å². The van der Waals surface area contributed by atoms with Gasteiger partial charge in [-0.15, -0.1) is 0 Å². The second-order valence-electron chi connectivity index (χ2n) is 6.63. The molecule has 0 unspecified atom stereocenters. The van der Waals surface area contributed by atoms with Gasteiger partial charge >= 0.3 is 0 Å². The quantitative estimate of drug-likeness (QED) is 0.838. The summed E-state index contributed by atoms with van der Waals surface area (Å²) in [5.41, 5.74) is 0.795. The van der Waals surface area contributed by atoms with Gasteiger partial charge in [0.25, 0.3) is 0 Å². The van der Waals surface area contributed by atoms with Crippen molar-refractivity contribution in [3.05, 3.63) is 30.3 Å². The van der Waals surface area contributed by atoms with Crippen LogP contribution in [0.15, 0.2) is 30.3 Å². The number of carbonyl (C=O) groups is 1. The van der Waals surface area contributed by atoms with Crippen LogP contribution in [-0.2, 0) is 14.6 Å². The SMILES string of the molecule is CC(C)CN1CC(=O)N(c2ccccc2)[C@@H]2CS(=O)(=O)C[C@H]21. The molecule has 0 saturated carbocycles. The van der Waals surface area contributed by atoms with E-state index in [-0.39, 0.29) is 29.5 Å². The molecular weight excluding hydrogens is 300 g/mol. The van der Waals surface area contributed by atoms with Crippen LogP contribution < -0.4 is 4.90 Å². The number of piperazine rings is 1. The molecule has 1 aromatic rings. The average molecular weight is 322 g/mol. The third kappa shape index (κ3) is 2.90. The molecule has 0 N–H and O–H groups in total. The molecule has 6 heteroatoms. The summed E-state index contributed by atoms with van der Waals surface area (Å²) in [6, 6.07) is 9.03. The van der Waals surface area contributed by atoms with Crippen LogP contribution in [0.5, 0.6) is 0 Å². The van der Waals surface area contributed by atoms with Crippen molar-refractivity contribution in [3.63, 3.8) is 0 Å². The van der Waals surface area contributed by atoms with E-state index in [1.54, 1.807) is 4.90 Å². The van der Waals surface area contributed by atoms with E-state index in [1.165, 1.54) is 0 Å². The number of benzene rings is 1. The van der Waals surface area contributed by atoms with Crippen molar-refractivity contribution >= 4 is 21.4 Å². The van der Waals surface area contributed by atoms with Gasteiger partial charge in [-0.1, -0.05) is 32.0 Å². The van der Waals surface area contributed by atoms with Crippen LogP contribution in [0.1, 0.15) is 13.8 Å². The highest BCUT2D eigenvalue weighted by molar-refractivity contribution is 7.91. The summed E-state index contributed by atoms with van der Waals surface area (Å²) in [5, 5.41) is 0. The monoisotopic (exact) mass is 322 g/mol. The standard InChI is InChI=1S/C16H22N2O3S/c1-12(2)8-17-9-16(19)18(13-6-4-3-5-7-13)15-11-22(20,21)10-14(15)17/h3-7,12,14-15H,8-11H2,1-2H3/t14-,15-/m1/s1. The average Bonchev–Trinajstić information content (AvgIpc) is 2.75. The minimum Gasteiger partial charge on any atom is -0.306 e. The van der Waals surface area contributed by atoms with Crippen molar-refractivity contribution in [1.29, 1.82) is 0 Å². The maximum atomic E-state index is 12.6. The predicted octanol–water partition coefficient (Wildman–Crippen LogP) is 1.16. The summed E-state index contributed by atoms with van der Waals surface area (Å²) >= 11 is 0. The summed E-state index contributed by atoms with van der Waals surface area (Å²) in [7, 11) is -3.10. The lowest BCUT2D eigenvalue weighted by Crippen LogP contribution is -2.62. The van der Waals surface area contributed by atoms with Gasteiger partial charge < -0.3 is 4.90 Å². The summed E-state index contributed by atoms with van der Waals surface area (Å²) < 4.78 is 24.3. The highest BCUT2D eigenvalue weighted by Crippen LogP contribution is 2.31. The first-order valence-electron chi connectivity index (χ1n) is 7.69. The number of rotatable bonds is 3. The lowest BCUT2D eigenvalue weighted by atomic mass is 10.0. The molecule has 2 aliphatic heterocycles. The Hall–Kier alpha value is -1.40. The molecule has 120 valence electrons. The van der Waals surface area contributed by atoms with E-state index >= 15 is 0 Å². The molecule has 22 heavy (non-hydrogen) atoms. The highest BCUT2D eigenvalue weighted by Gasteiger charge is 2.49. The molecule has 2 fully saturated rings. The molecule has 2 saturated heterocycles. The Morgan fingerprint density at radius 2 is 1.77 bits per heavy atom. The normalized spacial score (nSPS) is 28.1. The lowest BCUT2D eigenvalue weighted by Gasteiger charge is -2.44. The zero-order chi connectivity index (χ0) is 15.9. The number of sulfone groups is 1. The van der Waals surface area contributed by atoms with Gasteiger partial charge in [-0.25, -0.2) is 8.42 Å². The van der Waals surface area contributed by atoms with Crippen LogP contribution in [0.4, 0.5) is 5.69 Å². The van der Waals surface area contributed by atoms with E-state index in [2.05, 4.69) is 18.7 Å². The van der Waals surface area contributed by atoms with Crippen LogP contribution in [0.25, 0.3) is 0 Å². The first kappa shape index (κ1) is 15.5. The van der Waals surface area contributed by atoms with Crippen molar-refractivity contribution in [3.8, 4) is 0 Å². The van der Waals surface area contributed by atoms with Crippen molar-refractivity contribution < 1.29 is 13.2 Å². The molecule has 2 heterocycles. The van der Waals surface area contributed by atoms with Gasteiger partial charge in [-0.05, 0) is 18.1 Å². The molecule has 5 nitrogen and oxygen atoms in total. The Balaban J connectivity index is 1.96. The minimum atomic E-state index is -3.10. The second-order valence-corrected chi connectivity index (χ2v) is 8.79. The fourth-order valence-electron chi connectivity index (χ4n) is 3.55. The van der Waals surface area contributed by atoms with Crippen LogP contribution in [0.2, 0.25) is 0 Å². The first-order valence-corrected chi connectivity index (χ1v) is 9.51. The van der Waals surface area contributed by atoms with Crippen molar-refractivity contribution in [2.75, 3.05) is 29.5 Å². The molecular formula is C16H22N2O3S. The van der Waals surface area contributed by atoms with Crippen LogP contribution in [0.3, 0.4) is 0 Å². The third-order valence-electron chi connectivity index (χ3n) is 4.34. The fraction of sp³-hybridized carbons (Fsp3) is 0.562. The molecule has 1 amide bonds. The number of hydrogen-bond acceptors (Lipinski definition) is 4. The van der Waals surface area contributed by atoms with Crippen LogP contribution >= 0.6 is 0 Å². The van der Waals surface area contributed by atoms with E-state index in [4.69, 9.17) is 0 Å². The third-order valence-corrected chi connectivity index (χ3v) is 6.03. The number of carbonyl (C=O) groups excluding carboxylic acids is 1. The van der Waals surface area contributed by atoms with Gasteiger partial charge in [0.15, 0.2) is 9.84 Å². The summed E-state index contributed by atoms with van der Waals surface area (Å²) in [6.45, 7) is 5.23. The first-order chi connectivity index (χ1) is 10.4. The van der Waals surface area contributed by atoms with Gasteiger partial charge in [0.1, 0.15) is 0 Å². The topological polar surface area (TPSA) is 57.7 Å². The largest absolute Gasteiger partial charge is 0.306 e. The van der Waals surface area contributed by atoms with Crippen molar-refractivity contribution in [2.24, 2.45) is 5.92 Å². The number of nitrogens with zero attached hydrogens (tertiary/aromatic N) is 2. The maximum Gasteiger partial charge on any atom is 0.241 e. The number of anilines is 1. The smallest absolute Gasteiger partial charge is 0.241 e. The van der Waals surface area contributed by atoms with Crippen molar-refractivity contribution in [2.45, 2.75) is 25.9 Å². The molecule has 2 atom stereocenters. The zero-order valence-electron chi connectivity index (χ0n) is 13.0. The predicted molar refractivity (Wildman–Crippen MR) is 86.6 cm³/mol. The Kier molecular flexibility index (Phi) is 3.99. The van der Waals surface area contributed by atoms with E-state index in [9.17, 15) is 13.2 Å². The molecule has 1 aromatic carbocycles. The van der Waals surface area contributed by atoms with E-state index in [1.807, 2.05) is 30.3 Å².